The first-order valence-corrected chi connectivity index (χ1v) is 8.82. The summed E-state index contributed by atoms with van der Waals surface area (Å²) in [5.74, 6) is 1.64. The topological polar surface area (TPSA) is 9.72 Å². The van der Waals surface area contributed by atoms with Gasteiger partial charge in [-0.1, -0.05) is 0 Å². The van der Waals surface area contributed by atoms with E-state index in [0.29, 0.717) is 0 Å². The van der Waals surface area contributed by atoms with Crippen molar-refractivity contribution in [3.8, 4) is 0 Å². The van der Waals surface area contributed by atoms with E-state index in [2.05, 4.69) is 14.7 Å². The Kier molecular flexibility index (Phi) is 3.82. The maximum Gasteiger partial charge on any atom is 0.118 e. The molecular formula is C14H27N3Si. The van der Waals surface area contributed by atoms with E-state index < -0.39 is 0 Å². The standard InChI is InChI=1S/C14H27N3Si/c18-14(17-11-5-6-12-17)13(15-7-1-2-8-15)16-9-3-4-10-16/h1-12H2,18H3. The number of rotatable bonds is 3. The third-order valence-corrected chi connectivity index (χ3v) is 5.79. The van der Waals surface area contributed by atoms with Crippen molar-refractivity contribution >= 4 is 10.2 Å². The van der Waals surface area contributed by atoms with Crippen molar-refractivity contribution in [3.05, 3.63) is 11.1 Å². The molecule has 0 spiro atoms. The first kappa shape index (κ1) is 12.4. The molecule has 0 aromatic carbocycles. The summed E-state index contributed by atoms with van der Waals surface area (Å²) in [5, 5.41) is 1.69. The van der Waals surface area contributed by atoms with Crippen LogP contribution < -0.4 is 0 Å². The molecule has 3 nitrogen and oxygen atoms in total. The largest absolute Gasteiger partial charge is 0.376 e. The Morgan fingerprint density at radius 2 is 0.889 bits per heavy atom. The summed E-state index contributed by atoms with van der Waals surface area (Å²) < 4.78 is 0. The first-order chi connectivity index (χ1) is 8.86. The summed E-state index contributed by atoms with van der Waals surface area (Å²) in [7, 11) is 1.21. The van der Waals surface area contributed by atoms with Gasteiger partial charge in [0.2, 0.25) is 0 Å². The summed E-state index contributed by atoms with van der Waals surface area (Å²) in [6.07, 6.45) is 8.38. The Hall–Kier alpha value is -0.643. The minimum Gasteiger partial charge on any atom is -0.376 e. The average Bonchev–Trinajstić information content (AvgIpc) is 3.14. The summed E-state index contributed by atoms with van der Waals surface area (Å²) in [6, 6.07) is 0. The molecule has 0 bridgehead atoms. The zero-order valence-electron chi connectivity index (χ0n) is 11.8. The van der Waals surface area contributed by atoms with E-state index >= 15 is 0 Å². The fourth-order valence-corrected chi connectivity index (χ4v) is 4.79. The van der Waals surface area contributed by atoms with Gasteiger partial charge in [0.05, 0.1) is 10.2 Å². The monoisotopic (exact) mass is 265 g/mol. The lowest BCUT2D eigenvalue weighted by atomic mass is 10.4. The summed E-state index contributed by atoms with van der Waals surface area (Å²) >= 11 is 0. The maximum absolute atomic E-state index is 2.69. The van der Waals surface area contributed by atoms with Crippen molar-refractivity contribution in [2.75, 3.05) is 39.3 Å². The lowest BCUT2D eigenvalue weighted by Crippen LogP contribution is -2.37. The van der Waals surface area contributed by atoms with Crippen molar-refractivity contribution in [1.29, 1.82) is 0 Å². The fourth-order valence-electron chi connectivity index (χ4n) is 3.71. The lowest BCUT2D eigenvalue weighted by Gasteiger charge is -2.35. The minimum atomic E-state index is 1.21. The summed E-state index contributed by atoms with van der Waals surface area (Å²) in [4.78, 5) is 8.05. The molecular weight excluding hydrogens is 238 g/mol. The van der Waals surface area contributed by atoms with Crippen LogP contribution in [0.5, 0.6) is 0 Å². The van der Waals surface area contributed by atoms with Crippen LogP contribution >= 0.6 is 0 Å². The summed E-state index contributed by atoms with van der Waals surface area (Å²) in [5.41, 5.74) is 0. The average molecular weight is 265 g/mol. The van der Waals surface area contributed by atoms with Crippen LogP contribution in [0.2, 0.25) is 0 Å². The normalized spacial score (nSPS) is 24.3. The highest BCUT2D eigenvalue weighted by Gasteiger charge is 2.26. The van der Waals surface area contributed by atoms with Gasteiger partial charge in [-0.3, -0.25) is 0 Å². The van der Waals surface area contributed by atoms with Crippen LogP contribution in [0, 0.1) is 0 Å². The Bertz CT molecular complexity index is 293. The van der Waals surface area contributed by atoms with E-state index in [1.54, 1.807) is 11.1 Å². The molecule has 3 fully saturated rings. The van der Waals surface area contributed by atoms with Gasteiger partial charge in [0, 0.05) is 44.6 Å². The zero-order valence-corrected chi connectivity index (χ0v) is 13.8. The number of nitrogens with zero attached hydrogens (tertiary/aromatic N) is 3. The molecule has 0 aromatic rings. The highest BCUT2D eigenvalue weighted by molar-refractivity contribution is 6.21. The molecule has 0 saturated carbocycles. The van der Waals surface area contributed by atoms with Gasteiger partial charge >= 0.3 is 0 Å². The van der Waals surface area contributed by atoms with Crippen molar-refractivity contribution < 1.29 is 0 Å². The molecule has 0 unspecified atom stereocenters. The van der Waals surface area contributed by atoms with Gasteiger partial charge in [0.25, 0.3) is 0 Å². The molecule has 0 atom stereocenters. The highest BCUT2D eigenvalue weighted by Crippen LogP contribution is 2.26. The number of likely N-dealkylation sites (tertiary alicyclic amines) is 3. The molecule has 0 radical (unpaired) electrons. The quantitative estimate of drug-likeness (QED) is 0.698. The van der Waals surface area contributed by atoms with Gasteiger partial charge in [0.1, 0.15) is 5.82 Å². The molecule has 4 heteroatoms. The van der Waals surface area contributed by atoms with Crippen molar-refractivity contribution in [2.24, 2.45) is 0 Å². The van der Waals surface area contributed by atoms with Crippen LogP contribution in [-0.4, -0.2) is 64.2 Å². The highest BCUT2D eigenvalue weighted by atomic mass is 28.1. The Morgan fingerprint density at radius 3 is 1.28 bits per heavy atom. The minimum absolute atomic E-state index is 1.21. The molecule has 3 aliphatic rings. The van der Waals surface area contributed by atoms with Crippen LogP contribution in [0.15, 0.2) is 11.1 Å². The second-order valence-electron chi connectivity index (χ2n) is 5.99. The van der Waals surface area contributed by atoms with Crippen LogP contribution in [-0.2, 0) is 0 Å². The van der Waals surface area contributed by atoms with E-state index in [9.17, 15) is 0 Å². The molecule has 3 saturated heterocycles. The fraction of sp³-hybridized carbons (Fsp3) is 0.857. The van der Waals surface area contributed by atoms with E-state index in [1.807, 2.05) is 0 Å². The van der Waals surface area contributed by atoms with E-state index in [-0.39, 0.29) is 0 Å². The van der Waals surface area contributed by atoms with Crippen LogP contribution in [0.3, 0.4) is 0 Å². The predicted octanol–water partition coefficient (Wildman–Crippen LogP) is 0.766. The number of hydrogen-bond acceptors (Lipinski definition) is 3. The second-order valence-corrected chi connectivity index (χ2v) is 6.94. The molecule has 0 N–H and O–H groups in total. The van der Waals surface area contributed by atoms with E-state index in [4.69, 9.17) is 0 Å². The third-order valence-electron chi connectivity index (χ3n) is 4.72. The van der Waals surface area contributed by atoms with Gasteiger partial charge in [-0.25, -0.2) is 0 Å². The van der Waals surface area contributed by atoms with Gasteiger partial charge in [-0.2, -0.15) is 0 Å². The van der Waals surface area contributed by atoms with E-state index in [0.717, 1.165) is 0 Å². The second kappa shape index (κ2) is 5.55. The van der Waals surface area contributed by atoms with Crippen LogP contribution in [0.25, 0.3) is 0 Å². The number of hydrogen-bond donors (Lipinski definition) is 0. The van der Waals surface area contributed by atoms with Crippen molar-refractivity contribution in [2.45, 2.75) is 38.5 Å². The SMILES string of the molecule is [SiH3]C(=C(N1CCCC1)N1CCCC1)N1CCCC1. The van der Waals surface area contributed by atoms with Crippen molar-refractivity contribution in [3.63, 3.8) is 0 Å². The molecule has 0 aliphatic carbocycles. The summed E-state index contributed by atoms with van der Waals surface area (Å²) in [6.45, 7) is 7.81. The van der Waals surface area contributed by atoms with E-state index in [1.165, 1.54) is 88.0 Å². The van der Waals surface area contributed by atoms with Crippen LogP contribution in [0.1, 0.15) is 38.5 Å². The molecule has 102 valence electrons. The van der Waals surface area contributed by atoms with Gasteiger partial charge in [-0.15, -0.1) is 0 Å². The molecule has 0 aromatic heterocycles. The molecule has 3 rings (SSSR count). The Balaban J connectivity index is 1.84. The van der Waals surface area contributed by atoms with Gasteiger partial charge in [0.15, 0.2) is 0 Å². The molecule has 3 heterocycles. The Morgan fingerprint density at radius 1 is 0.556 bits per heavy atom. The predicted molar refractivity (Wildman–Crippen MR) is 79.4 cm³/mol. The van der Waals surface area contributed by atoms with Crippen molar-refractivity contribution in [1.82, 2.24) is 14.7 Å². The van der Waals surface area contributed by atoms with Gasteiger partial charge in [-0.05, 0) is 38.5 Å². The zero-order chi connectivity index (χ0) is 12.4. The maximum atomic E-state index is 2.69. The van der Waals surface area contributed by atoms with Crippen LogP contribution in [0.4, 0.5) is 0 Å². The first-order valence-electron chi connectivity index (χ1n) is 7.82. The Labute approximate surface area is 114 Å². The molecule has 18 heavy (non-hydrogen) atoms. The molecule has 3 aliphatic heterocycles. The lowest BCUT2D eigenvalue weighted by molar-refractivity contribution is 0.251. The molecule has 0 amide bonds. The smallest absolute Gasteiger partial charge is 0.118 e. The third kappa shape index (κ3) is 2.39. The van der Waals surface area contributed by atoms with Gasteiger partial charge < -0.3 is 14.7 Å².